The van der Waals surface area contributed by atoms with E-state index in [2.05, 4.69) is 62.6 Å². The molecule has 8 aromatic rings. The maximum Gasteiger partial charge on any atom is 0.408 e. The van der Waals surface area contributed by atoms with Gasteiger partial charge in [0.25, 0.3) is 0 Å². The summed E-state index contributed by atoms with van der Waals surface area (Å²) < 4.78 is 9.76. The number of thiophene rings is 2. The third kappa shape index (κ3) is 15.0. The largest absolute Gasteiger partial charge is 0.444 e. The van der Waals surface area contributed by atoms with E-state index in [0.717, 1.165) is 105 Å². The summed E-state index contributed by atoms with van der Waals surface area (Å²) in [6.07, 6.45) is 8.82. The Hall–Kier alpha value is -9.12. The highest BCUT2D eigenvalue weighted by Crippen LogP contribution is 2.42. The lowest BCUT2D eigenvalue weighted by Gasteiger charge is -2.37. The summed E-state index contributed by atoms with van der Waals surface area (Å²) in [7, 11) is 0. The number of aryl methyl sites for hydroxylation is 2. The second kappa shape index (κ2) is 28.8. The monoisotopic (exact) mass is 1320 g/mol. The quantitative estimate of drug-likeness (QED) is 0.0456. The molecular weight excluding hydrogens is 1240 g/mol. The minimum atomic E-state index is -1.45. The molecule has 4 aliphatic rings. The number of fused-ring (bicyclic) bond motifs is 4. The lowest BCUT2D eigenvalue weighted by molar-refractivity contribution is -0.133. The third-order valence-corrected chi connectivity index (χ3v) is 19.3. The van der Waals surface area contributed by atoms with Crippen molar-refractivity contribution in [2.45, 2.75) is 174 Å². The van der Waals surface area contributed by atoms with Gasteiger partial charge in [-0.2, -0.15) is 22.7 Å². The summed E-state index contributed by atoms with van der Waals surface area (Å²) >= 11 is 3.10. The first-order chi connectivity index (χ1) is 45.6. The predicted molar refractivity (Wildman–Crippen MR) is 374 cm³/mol. The van der Waals surface area contributed by atoms with E-state index >= 15 is 0 Å². The molecule has 4 aromatic carbocycles. The average Bonchev–Trinajstić information content (AvgIpc) is 1.27. The molecule has 0 spiro atoms. The van der Waals surface area contributed by atoms with E-state index in [1.165, 1.54) is 11.3 Å². The molecule has 8 amide bonds. The molecule has 0 bridgehead atoms. The van der Waals surface area contributed by atoms with Crippen LogP contribution in [0.4, 0.5) is 27.5 Å². The van der Waals surface area contributed by atoms with Crippen LogP contribution in [0.15, 0.2) is 131 Å². The van der Waals surface area contributed by atoms with Gasteiger partial charge in [0, 0.05) is 92.5 Å². The van der Waals surface area contributed by atoms with Crippen molar-refractivity contribution in [3.8, 4) is 0 Å². The lowest BCUT2D eigenvalue weighted by Crippen LogP contribution is -2.61. The number of nitrogens with two attached hydrogens (primary N) is 1. The van der Waals surface area contributed by atoms with Crippen LogP contribution in [0.25, 0.3) is 21.8 Å². The molecule has 0 radical (unpaired) electrons. The van der Waals surface area contributed by atoms with Crippen LogP contribution in [0, 0.1) is 0 Å². The van der Waals surface area contributed by atoms with E-state index in [4.69, 9.17) is 10.5 Å². The molecule has 2 fully saturated rings. The fourth-order valence-corrected chi connectivity index (χ4v) is 14.6. The lowest BCUT2D eigenvalue weighted by atomic mass is 9.94. The number of nitrogens with one attached hydrogen (secondary N) is 4. The Morgan fingerprint density at radius 2 is 1.08 bits per heavy atom. The SMILES string of the molecule is CCCn1cc(C[C@@H](N)C(=O)NC2Cc3cccc(N4CCCC4=O)c3N(Cc3ccsc3)C2=O)c2ccccc21.CCCn1cc(C[C@@H](NC(=O)C(C)(C)NC(=O)OC(C)(C)C)C(=O)NC2Cc3cccc(N4CCCC4=O)c3N(Cc3ccsc3)C2=O)c2ccccc21. The molecule has 8 heterocycles. The van der Waals surface area contributed by atoms with Crippen LogP contribution in [-0.4, -0.2) is 105 Å². The van der Waals surface area contributed by atoms with Gasteiger partial charge in [-0.1, -0.05) is 74.5 Å². The van der Waals surface area contributed by atoms with Gasteiger partial charge in [0.05, 0.1) is 41.9 Å². The Bertz CT molecular complexity index is 4170. The maximum absolute atomic E-state index is 14.5. The predicted octanol–water partition coefficient (Wildman–Crippen LogP) is 10.2. The number of para-hydroxylation sites is 4. The number of ether oxygens (including phenoxy) is 1. The van der Waals surface area contributed by atoms with Gasteiger partial charge in [-0.25, -0.2) is 4.79 Å². The van der Waals surface area contributed by atoms with Crippen molar-refractivity contribution in [1.82, 2.24) is 30.4 Å². The van der Waals surface area contributed by atoms with E-state index in [-0.39, 0.29) is 48.9 Å². The fraction of sp³-hybridized carbons (Fsp3) is 0.397. The highest BCUT2D eigenvalue weighted by molar-refractivity contribution is 7.08. The molecule has 2 saturated heterocycles. The minimum Gasteiger partial charge on any atom is -0.444 e. The highest BCUT2D eigenvalue weighted by Gasteiger charge is 2.42. The molecule has 0 saturated carbocycles. The minimum absolute atomic E-state index is 0.0183. The number of alkyl carbamates (subject to hydrolysis) is 1. The summed E-state index contributed by atoms with van der Waals surface area (Å²) in [6, 6.07) is 28.0. The summed E-state index contributed by atoms with van der Waals surface area (Å²) in [4.78, 5) is 116. The Balaban J connectivity index is 0.000000200. The van der Waals surface area contributed by atoms with Gasteiger partial charge < -0.3 is 60.5 Å². The van der Waals surface area contributed by atoms with Crippen molar-refractivity contribution >= 4 is 115 Å². The number of nitrogens with zero attached hydrogens (tertiary/aromatic N) is 6. The van der Waals surface area contributed by atoms with Crippen molar-refractivity contribution in [2.75, 3.05) is 32.7 Å². The molecule has 6 N–H and O–H groups in total. The molecule has 12 rings (SSSR count). The van der Waals surface area contributed by atoms with Gasteiger partial charge in [-0.15, -0.1) is 0 Å². The zero-order valence-corrected chi connectivity index (χ0v) is 56.7. The molecule has 2 unspecified atom stereocenters. The first-order valence-electron chi connectivity index (χ1n) is 32.9. The molecule has 0 aliphatic carbocycles. The Kier molecular flexibility index (Phi) is 20.4. The maximum atomic E-state index is 14.5. The number of carbonyl (C=O) groups is 8. The number of aromatic nitrogens is 2. The zero-order chi connectivity index (χ0) is 67.3. The standard InChI is InChI=1S/C41H50N6O6S.C32H35N5O3S/c1-7-18-45-24-28(29-13-8-9-14-32(29)45)22-30(43-38(51)41(5,6)44-39(52)53-40(2,3)4)36(49)42-31-21-27-12-10-15-33(46-19-11-16-34(46)48)35(27)47(37(31)50)23-26-17-20-54-25-26;1-2-13-35-19-23(24-8-3-4-9-27(24)35)16-25(33)31(39)34-26-17-22-7-5-10-28(36-14-6-11-29(36)38)30(22)37(32(26)40)18-21-12-15-41-20-21/h8-10,12-15,17,20,24-25,30-31H,7,11,16,18-19,21-23H2,1-6H3,(H,42,49)(H,43,51)(H,44,52);3-5,7-10,12,15,19-20,25-26H,2,6,11,13-14,16-18,33H2,1H3,(H,34,39)/t30-,31?;25-,26?/m11/s1. The number of benzene rings is 4. The second-order valence-corrected chi connectivity index (χ2v) is 28.1. The van der Waals surface area contributed by atoms with Crippen molar-refractivity contribution in [2.24, 2.45) is 5.73 Å². The van der Waals surface area contributed by atoms with Gasteiger partial charge in [-0.05, 0) is 158 Å². The number of hydrogen-bond donors (Lipinski definition) is 5. The van der Waals surface area contributed by atoms with Crippen molar-refractivity contribution in [1.29, 1.82) is 0 Å². The number of amides is 8. The smallest absolute Gasteiger partial charge is 0.408 e. The zero-order valence-electron chi connectivity index (χ0n) is 55.1. The van der Waals surface area contributed by atoms with E-state index in [9.17, 15) is 38.4 Å². The number of rotatable bonds is 21. The Labute approximate surface area is 562 Å². The first kappa shape index (κ1) is 67.3. The third-order valence-electron chi connectivity index (χ3n) is 17.8. The molecule has 4 aromatic heterocycles. The average molecular weight is 1320 g/mol. The van der Waals surface area contributed by atoms with Crippen molar-refractivity contribution in [3.05, 3.63) is 164 Å². The van der Waals surface area contributed by atoms with Gasteiger partial charge >= 0.3 is 6.09 Å². The number of carbonyl (C=O) groups excluding carboxylic acids is 8. The summed E-state index contributed by atoms with van der Waals surface area (Å²) in [5.74, 6) is -1.88. The molecule has 4 aliphatic heterocycles. The molecule has 20 nitrogen and oxygen atoms in total. The first-order valence-corrected chi connectivity index (χ1v) is 34.8. The van der Waals surface area contributed by atoms with Gasteiger partial charge in [0.2, 0.25) is 41.4 Å². The number of anilines is 4. The summed E-state index contributed by atoms with van der Waals surface area (Å²) in [6.45, 7) is 16.0. The fourth-order valence-electron chi connectivity index (χ4n) is 13.3. The van der Waals surface area contributed by atoms with E-state index < -0.39 is 53.2 Å². The summed E-state index contributed by atoms with van der Waals surface area (Å²) in [5, 5.41) is 21.5. The topological polar surface area (TPSA) is 243 Å². The second-order valence-electron chi connectivity index (χ2n) is 26.5. The van der Waals surface area contributed by atoms with E-state index in [1.807, 2.05) is 113 Å². The van der Waals surface area contributed by atoms with Crippen molar-refractivity contribution < 1.29 is 43.1 Å². The number of hydrogen-bond acceptors (Lipinski definition) is 12. The van der Waals surface area contributed by atoms with Crippen LogP contribution >= 0.6 is 22.7 Å². The van der Waals surface area contributed by atoms with Crippen LogP contribution < -0.4 is 46.6 Å². The van der Waals surface area contributed by atoms with Gasteiger partial charge in [-0.3, -0.25) is 33.6 Å². The molecule has 4 atom stereocenters. The molecular formula is C73H85N11O9S2. The van der Waals surface area contributed by atoms with Gasteiger partial charge in [0.1, 0.15) is 29.3 Å². The van der Waals surface area contributed by atoms with Gasteiger partial charge in [0.15, 0.2) is 0 Å². The molecule has 22 heteroatoms. The van der Waals surface area contributed by atoms with Crippen LogP contribution in [0.5, 0.6) is 0 Å². The van der Waals surface area contributed by atoms with Crippen molar-refractivity contribution in [3.63, 3.8) is 0 Å². The molecule has 498 valence electrons. The Morgan fingerprint density at radius 3 is 1.53 bits per heavy atom. The van der Waals surface area contributed by atoms with Crippen LogP contribution in [0.2, 0.25) is 0 Å². The normalized spacial score (nSPS) is 17.1. The van der Waals surface area contributed by atoms with Crippen LogP contribution in [0.3, 0.4) is 0 Å². The van der Waals surface area contributed by atoms with E-state index in [0.29, 0.717) is 56.7 Å². The van der Waals surface area contributed by atoms with Crippen LogP contribution in [-0.2, 0) is 90.2 Å². The summed E-state index contributed by atoms with van der Waals surface area (Å²) in [5.41, 5.74) is 14.9. The highest BCUT2D eigenvalue weighted by atomic mass is 32.1. The molecule has 95 heavy (non-hydrogen) atoms. The van der Waals surface area contributed by atoms with E-state index in [1.54, 1.807) is 65.6 Å². The Morgan fingerprint density at radius 1 is 0.611 bits per heavy atom. The van der Waals surface area contributed by atoms with Crippen LogP contribution in [0.1, 0.15) is 120 Å².